The van der Waals surface area contributed by atoms with Gasteiger partial charge in [-0.1, -0.05) is 6.07 Å². The van der Waals surface area contributed by atoms with Crippen molar-refractivity contribution < 1.29 is 14.3 Å². The van der Waals surface area contributed by atoms with Crippen LogP contribution < -0.4 is 11.1 Å². The van der Waals surface area contributed by atoms with E-state index < -0.39 is 6.04 Å². The van der Waals surface area contributed by atoms with Crippen LogP contribution in [0.3, 0.4) is 0 Å². The van der Waals surface area contributed by atoms with Crippen LogP contribution in [-0.2, 0) is 14.3 Å². The maximum absolute atomic E-state index is 11.7. The number of methoxy groups -OCH3 is 1. The number of esters is 1. The number of thiophene rings is 1. The molecule has 0 aromatic carbocycles. The lowest BCUT2D eigenvalue weighted by atomic mass is 10.2. The van der Waals surface area contributed by atoms with Gasteiger partial charge in [0.25, 0.3) is 0 Å². The van der Waals surface area contributed by atoms with Gasteiger partial charge in [-0.05, 0) is 18.4 Å². The van der Waals surface area contributed by atoms with Crippen molar-refractivity contribution in [2.45, 2.75) is 25.4 Å². The molecule has 5 nitrogen and oxygen atoms in total. The highest BCUT2D eigenvalue weighted by atomic mass is 32.1. The van der Waals surface area contributed by atoms with E-state index in [0.29, 0.717) is 0 Å². The molecular weight excluding hydrogens is 240 g/mol. The molecule has 1 heterocycles. The van der Waals surface area contributed by atoms with Gasteiger partial charge in [0.2, 0.25) is 5.91 Å². The van der Waals surface area contributed by atoms with Crippen molar-refractivity contribution in [2.75, 3.05) is 7.11 Å². The second kappa shape index (κ2) is 6.36. The summed E-state index contributed by atoms with van der Waals surface area (Å²) in [7, 11) is 1.31. The number of carbonyl (C=O) groups excluding carboxylic acids is 2. The topological polar surface area (TPSA) is 81.4 Å². The lowest BCUT2D eigenvalue weighted by Gasteiger charge is -2.15. The first-order valence-electron chi connectivity index (χ1n) is 5.20. The van der Waals surface area contributed by atoms with Gasteiger partial charge in [-0.3, -0.25) is 9.59 Å². The largest absolute Gasteiger partial charge is 0.469 e. The first-order valence-corrected chi connectivity index (χ1v) is 6.08. The normalized spacial score (nSPS) is 13.8. The van der Waals surface area contributed by atoms with Gasteiger partial charge in [-0.15, -0.1) is 11.3 Å². The molecule has 0 bridgehead atoms. The first-order chi connectivity index (χ1) is 8.04. The molecule has 0 radical (unpaired) electrons. The van der Waals surface area contributed by atoms with E-state index >= 15 is 0 Å². The van der Waals surface area contributed by atoms with Crippen molar-refractivity contribution >= 4 is 23.2 Å². The molecule has 0 fully saturated rings. The quantitative estimate of drug-likeness (QED) is 0.764. The monoisotopic (exact) mass is 256 g/mol. The summed E-state index contributed by atoms with van der Waals surface area (Å²) in [5, 5.41) is 4.54. The van der Waals surface area contributed by atoms with Crippen molar-refractivity contribution in [1.82, 2.24) is 5.32 Å². The maximum Gasteiger partial charge on any atom is 0.307 e. The second-order valence-electron chi connectivity index (χ2n) is 3.68. The standard InChI is InChI=1S/C11H16N2O3S/c1-7(6-9(14)16-2)13-11(15)10(12)8-4-3-5-17-8/h3-5,7,10H,6,12H2,1-2H3,(H,13,15). The van der Waals surface area contributed by atoms with Crippen LogP contribution in [0.25, 0.3) is 0 Å². The van der Waals surface area contributed by atoms with Gasteiger partial charge in [0, 0.05) is 10.9 Å². The van der Waals surface area contributed by atoms with E-state index in [-0.39, 0.29) is 24.3 Å². The van der Waals surface area contributed by atoms with Crippen molar-refractivity contribution in [2.24, 2.45) is 5.73 Å². The Morgan fingerprint density at radius 3 is 2.82 bits per heavy atom. The van der Waals surface area contributed by atoms with Crippen LogP contribution in [0.2, 0.25) is 0 Å². The molecule has 0 spiro atoms. The minimum absolute atomic E-state index is 0.138. The highest BCUT2D eigenvalue weighted by molar-refractivity contribution is 7.10. The van der Waals surface area contributed by atoms with Crippen LogP contribution in [0.5, 0.6) is 0 Å². The minimum atomic E-state index is -0.685. The first kappa shape index (κ1) is 13.7. The third kappa shape index (κ3) is 4.16. The molecule has 0 aliphatic heterocycles. The molecule has 2 atom stereocenters. The summed E-state index contributed by atoms with van der Waals surface area (Å²) in [6.07, 6.45) is 0.138. The SMILES string of the molecule is COC(=O)CC(C)NC(=O)C(N)c1cccs1. The van der Waals surface area contributed by atoms with E-state index in [9.17, 15) is 9.59 Å². The molecule has 1 aromatic rings. The molecule has 6 heteroatoms. The van der Waals surface area contributed by atoms with E-state index in [4.69, 9.17) is 5.73 Å². The summed E-state index contributed by atoms with van der Waals surface area (Å²) >= 11 is 1.43. The zero-order valence-electron chi connectivity index (χ0n) is 9.80. The van der Waals surface area contributed by atoms with Crippen molar-refractivity contribution in [3.05, 3.63) is 22.4 Å². The number of nitrogens with two attached hydrogens (primary N) is 1. The summed E-state index contributed by atoms with van der Waals surface area (Å²) in [6, 6.07) is 2.67. The van der Waals surface area contributed by atoms with Gasteiger partial charge < -0.3 is 15.8 Å². The fraction of sp³-hybridized carbons (Fsp3) is 0.455. The van der Waals surface area contributed by atoms with Crippen molar-refractivity contribution in [1.29, 1.82) is 0 Å². The average molecular weight is 256 g/mol. The van der Waals surface area contributed by atoms with E-state index in [1.165, 1.54) is 18.4 Å². The van der Waals surface area contributed by atoms with Crippen LogP contribution in [0.15, 0.2) is 17.5 Å². The Bertz CT molecular complexity index is 378. The highest BCUT2D eigenvalue weighted by Crippen LogP contribution is 2.16. The van der Waals surface area contributed by atoms with Crippen LogP contribution in [-0.4, -0.2) is 25.0 Å². The predicted octanol–water partition coefficient (Wildman–Crippen LogP) is 0.816. The van der Waals surface area contributed by atoms with Gasteiger partial charge in [-0.2, -0.15) is 0 Å². The summed E-state index contributed by atoms with van der Waals surface area (Å²) < 4.78 is 4.52. The Kier molecular flexibility index (Phi) is 5.11. The molecule has 1 aromatic heterocycles. The average Bonchev–Trinajstić information content (AvgIpc) is 2.80. The lowest BCUT2D eigenvalue weighted by molar-refractivity contribution is -0.141. The predicted molar refractivity (Wildman–Crippen MR) is 65.5 cm³/mol. The number of hydrogen-bond donors (Lipinski definition) is 2. The number of rotatable bonds is 5. The van der Waals surface area contributed by atoms with Crippen molar-refractivity contribution in [3.63, 3.8) is 0 Å². The summed E-state index contributed by atoms with van der Waals surface area (Å²) in [6.45, 7) is 1.73. The van der Waals surface area contributed by atoms with E-state index in [0.717, 1.165) is 4.88 Å². The van der Waals surface area contributed by atoms with Crippen molar-refractivity contribution in [3.8, 4) is 0 Å². The van der Waals surface area contributed by atoms with Crippen LogP contribution in [0.1, 0.15) is 24.3 Å². The molecule has 0 saturated carbocycles. The molecular formula is C11H16N2O3S. The summed E-state index contributed by atoms with van der Waals surface area (Å²) in [4.78, 5) is 23.5. The Labute approximate surface area is 104 Å². The Morgan fingerprint density at radius 1 is 1.59 bits per heavy atom. The molecule has 1 rings (SSSR count). The fourth-order valence-corrected chi connectivity index (χ4v) is 2.04. The lowest BCUT2D eigenvalue weighted by Crippen LogP contribution is -2.40. The molecule has 1 amide bonds. The summed E-state index contributed by atoms with van der Waals surface area (Å²) in [5.41, 5.74) is 5.78. The van der Waals surface area contributed by atoms with Crippen LogP contribution >= 0.6 is 11.3 Å². The minimum Gasteiger partial charge on any atom is -0.469 e. The number of hydrogen-bond acceptors (Lipinski definition) is 5. The number of carbonyl (C=O) groups is 2. The molecule has 17 heavy (non-hydrogen) atoms. The Morgan fingerprint density at radius 2 is 2.29 bits per heavy atom. The van der Waals surface area contributed by atoms with Gasteiger partial charge >= 0.3 is 5.97 Å². The van der Waals surface area contributed by atoms with Gasteiger partial charge in [0.15, 0.2) is 0 Å². The van der Waals surface area contributed by atoms with Gasteiger partial charge in [0.1, 0.15) is 6.04 Å². The maximum atomic E-state index is 11.7. The molecule has 0 saturated heterocycles. The molecule has 3 N–H and O–H groups in total. The third-order valence-electron chi connectivity index (χ3n) is 2.22. The summed E-state index contributed by atoms with van der Waals surface area (Å²) in [5.74, 6) is -0.647. The van der Waals surface area contributed by atoms with Crippen LogP contribution in [0.4, 0.5) is 0 Å². The number of amides is 1. The second-order valence-corrected chi connectivity index (χ2v) is 4.66. The molecule has 94 valence electrons. The zero-order chi connectivity index (χ0) is 12.8. The van der Waals surface area contributed by atoms with Crippen LogP contribution in [0, 0.1) is 0 Å². The molecule has 2 unspecified atom stereocenters. The number of nitrogens with one attached hydrogen (secondary N) is 1. The fourth-order valence-electron chi connectivity index (χ4n) is 1.31. The third-order valence-corrected chi connectivity index (χ3v) is 3.18. The highest BCUT2D eigenvalue weighted by Gasteiger charge is 2.19. The smallest absolute Gasteiger partial charge is 0.307 e. The van der Waals surface area contributed by atoms with E-state index in [2.05, 4.69) is 10.1 Å². The molecule has 0 aliphatic carbocycles. The zero-order valence-corrected chi connectivity index (χ0v) is 10.6. The Balaban J connectivity index is 2.46. The Hall–Kier alpha value is -1.40. The number of ether oxygens (including phenoxy) is 1. The van der Waals surface area contributed by atoms with Gasteiger partial charge in [-0.25, -0.2) is 0 Å². The molecule has 0 aliphatic rings. The van der Waals surface area contributed by atoms with E-state index in [1.54, 1.807) is 13.0 Å². The van der Waals surface area contributed by atoms with E-state index in [1.807, 2.05) is 11.4 Å². The van der Waals surface area contributed by atoms with Gasteiger partial charge in [0.05, 0.1) is 13.5 Å².